The quantitative estimate of drug-likeness (QED) is 0.849. The Kier molecular flexibility index (Phi) is 4.64. The van der Waals surface area contributed by atoms with E-state index in [1.165, 1.54) is 25.7 Å². The number of carbonyl (C=O) groups excluding carboxylic acids is 2. The summed E-state index contributed by atoms with van der Waals surface area (Å²) in [5.41, 5.74) is 0.775. The van der Waals surface area contributed by atoms with Crippen molar-refractivity contribution in [2.24, 2.45) is 11.8 Å². The van der Waals surface area contributed by atoms with Crippen molar-refractivity contribution in [3.05, 3.63) is 24.3 Å². The average molecular weight is 342 g/mol. The Morgan fingerprint density at radius 2 is 1.92 bits per heavy atom. The van der Waals surface area contributed by atoms with Crippen molar-refractivity contribution in [2.45, 2.75) is 38.5 Å². The molecule has 2 aliphatic heterocycles. The summed E-state index contributed by atoms with van der Waals surface area (Å²) in [5.74, 6) is 2.35. The van der Waals surface area contributed by atoms with Crippen LogP contribution in [0.4, 0.5) is 5.69 Å². The SMILES string of the molecule is O=C(CCN1C(=O)COc2ccccc21)N1CC[C@@H]2CCCC[C@H]2C1. The fourth-order valence-corrected chi connectivity index (χ4v) is 4.59. The number of amides is 2. The molecule has 1 saturated carbocycles. The first-order chi connectivity index (χ1) is 12.2. The first kappa shape index (κ1) is 16.4. The molecule has 1 saturated heterocycles. The van der Waals surface area contributed by atoms with Gasteiger partial charge < -0.3 is 14.5 Å². The van der Waals surface area contributed by atoms with Gasteiger partial charge in [-0.1, -0.05) is 31.4 Å². The highest BCUT2D eigenvalue weighted by atomic mass is 16.5. The summed E-state index contributed by atoms with van der Waals surface area (Å²) in [6.07, 6.45) is 6.80. The topological polar surface area (TPSA) is 49.9 Å². The first-order valence-corrected chi connectivity index (χ1v) is 9.52. The molecule has 0 aromatic heterocycles. The van der Waals surface area contributed by atoms with Crippen LogP contribution in [0.5, 0.6) is 5.75 Å². The van der Waals surface area contributed by atoms with Gasteiger partial charge in [0.1, 0.15) is 5.75 Å². The van der Waals surface area contributed by atoms with Crippen molar-refractivity contribution < 1.29 is 14.3 Å². The molecule has 2 heterocycles. The van der Waals surface area contributed by atoms with Gasteiger partial charge in [0.2, 0.25) is 5.91 Å². The number of carbonyl (C=O) groups is 2. The van der Waals surface area contributed by atoms with Crippen LogP contribution in [0.15, 0.2) is 24.3 Å². The molecule has 0 bridgehead atoms. The summed E-state index contributed by atoms with van der Waals surface area (Å²) >= 11 is 0. The number of piperidine rings is 1. The van der Waals surface area contributed by atoms with Gasteiger partial charge in [0.25, 0.3) is 5.91 Å². The number of fused-ring (bicyclic) bond motifs is 2. The zero-order chi connectivity index (χ0) is 17.2. The second kappa shape index (κ2) is 7.06. The first-order valence-electron chi connectivity index (χ1n) is 9.52. The predicted molar refractivity (Wildman–Crippen MR) is 95.6 cm³/mol. The Morgan fingerprint density at radius 1 is 1.12 bits per heavy atom. The maximum atomic E-state index is 12.7. The number of para-hydroxylation sites is 2. The van der Waals surface area contributed by atoms with Gasteiger partial charge in [-0.3, -0.25) is 9.59 Å². The van der Waals surface area contributed by atoms with Gasteiger partial charge in [-0.25, -0.2) is 0 Å². The Labute approximate surface area is 148 Å². The van der Waals surface area contributed by atoms with E-state index in [9.17, 15) is 9.59 Å². The third-order valence-corrected chi connectivity index (χ3v) is 6.00. The second-order valence-electron chi connectivity index (χ2n) is 7.48. The number of nitrogens with zero attached hydrogens (tertiary/aromatic N) is 2. The number of hydrogen-bond donors (Lipinski definition) is 0. The number of benzene rings is 1. The molecule has 2 atom stereocenters. The van der Waals surface area contributed by atoms with Crippen LogP contribution < -0.4 is 9.64 Å². The van der Waals surface area contributed by atoms with Crippen molar-refractivity contribution in [3.63, 3.8) is 0 Å². The lowest BCUT2D eigenvalue weighted by Gasteiger charge is -2.41. The zero-order valence-corrected chi connectivity index (χ0v) is 14.7. The van der Waals surface area contributed by atoms with Gasteiger partial charge in [0.05, 0.1) is 5.69 Å². The molecule has 3 aliphatic rings. The van der Waals surface area contributed by atoms with Crippen molar-refractivity contribution in [2.75, 3.05) is 31.1 Å². The molecule has 1 aromatic rings. The van der Waals surface area contributed by atoms with Gasteiger partial charge in [-0.15, -0.1) is 0 Å². The van der Waals surface area contributed by atoms with Crippen LogP contribution in [0.3, 0.4) is 0 Å². The van der Waals surface area contributed by atoms with E-state index < -0.39 is 0 Å². The molecule has 5 nitrogen and oxygen atoms in total. The molecule has 5 heteroatoms. The largest absolute Gasteiger partial charge is 0.482 e. The number of rotatable bonds is 3. The number of hydrogen-bond acceptors (Lipinski definition) is 3. The van der Waals surface area contributed by atoms with Crippen LogP contribution in [0.25, 0.3) is 0 Å². The fraction of sp³-hybridized carbons (Fsp3) is 0.600. The van der Waals surface area contributed by atoms with Crippen LogP contribution in [0.2, 0.25) is 0 Å². The number of ether oxygens (including phenoxy) is 1. The predicted octanol–water partition coefficient (Wildman–Crippen LogP) is 2.84. The Morgan fingerprint density at radius 3 is 2.80 bits per heavy atom. The molecule has 0 N–H and O–H groups in total. The second-order valence-corrected chi connectivity index (χ2v) is 7.48. The molecule has 1 aromatic carbocycles. The van der Waals surface area contributed by atoms with E-state index in [0.29, 0.717) is 18.9 Å². The highest BCUT2D eigenvalue weighted by Gasteiger charge is 2.33. The van der Waals surface area contributed by atoms with Crippen molar-refractivity contribution in [1.29, 1.82) is 0 Å². The van der Waals surface area contributed by atoms with E-state index in [1.54, 1.807) is 4.90 Å². The Balaban J connectivity index is 1.37. The van der Waals surface area contributed by atoms with Crippen molar-refractivity contribution >= 4 is 17.5 Å². The summed E-state index contributed by atoms with van der Waals surface area (Å²) < 4.78 is 5.46. The molecule has 0 spiro atoms. The monoisotopic (exact) mass is 342 g/mol. The minimum absolute atomic E-state index is 0.0542. The normalized spacial score (nSPS) is 25.8. The Hall–Kier alpha value is -2.04. The smallest absolute Gasteiger partial charge is 0.265 e. The van der Waals surface area contributed by atoms with Crippen molar-refractivity contribution in [3.8, 4) is 5.75 Å². The van der Waals surface area contributed by atoms with Crippen LogP contribution in [0, 0.1) is 11.8 Å². The highest BCUT2D eigenvalue weighted by molar-refractivity contribution is 5.98. The molecule has 25 heavy (non-hydrogen) atoms. The van der Waals surface area contributed by atoms with Crippen LogP contribution in [-0.2, 0) is 9.59 Å². The van der Waals surface area contributed by atoms with Crippen LogP contribution in [0.1, 0.15) is 38.5 Å². The maximum Gasteiger partial charge on any atom is 0.265 e. The molecular formula is C20H26N2O3. The van der Waals surface area contributed by atoms with E-state index in [4.69, 9.17) is 4.74 Å². The molecule has 134 valence electrons. The fourth-order valence-electron chi connectivity index (χ4n) is 4.59. The third-order valence-electron chi connectivity index (χ3n) is 6.00. The average Bonchev–Trinajstić information content (AvgIpc) is 2.66. The summed E-state index contributed by atoms with van der Waals surface area (Å²) in [6.45, 7) is 2.28. The van der Waals surface area contributed by atoms with Crippen molar-refractivity contribution in [1.82, 2.24) is 4.90 Å². The maximum absolute atomic E-state index is 12.7. The van der Waals surface area contributed by atoms with E-state index in [0.717, 1.165) is 36.9 Å². The molecule has 4 rings (SSSR count). The van der Waals surface area contributed by atoms with Gasteiger partial charge in [0, 0.05) is 26.1 Å². The van der Waals surface area contributed by atoms with Gasteiger partial charge in [0.15, 0.2) is 6.61 Å². The minimum atomic E-state index is -0.0718. The summed E-state index contributed by atoms with van der Waals surface area (Å²) in [5, 5.41) is 0. The zero-order valence-electron chi connectivity index (χ0n) is 14.7. The molecule has 0 radical (unpaired) electrons. The van der Waals surface area contributed by atoms with Crippen LogP contribution in [-0.4, -0.2) is 43.0 Å². The summed E-state index contributed by atoms with van der Waals surface area (Å²) in [7, 11) is 0. The van der Waals surface area contributed by atoms with Gasteiger partial charge in [-0.05, 0) is 36.8 Å². The highest BCUT2D eigenvalue weighted by Crippen LogP contribution is 2.36. The molecule has 2 fully saturated rings. The molecule has 1 aliphatic carbocycles. The molecule has 0 unspecified atom stereocenters. The lowest BCUT2D eigenvalue weighted by molar-refractivity contribution is -0.134. The van der Waals surface area contributed by atoms with E-state index >= 15 is 0 Å². The molecular weight excluding hydrogens is 316 g/mol. The lowest BCUT2D eigenvalue weighted by Crippen LogP contribution is -2.46. The number of likely N-dealkylation sites (tertiary alicyclic amines) is 1. The minimum Gasteiger partial charge on any atom is -0.482 e. The van der Waals surface area contributed by atoms with E-state index in [1.807, 2.05) is 29.2 Å². The molecule has 2 amide bonds. The van der Waals surface area contributed by atoms with Gasteiger partial charge >= 0.3 is 0 Å². The van der Waals surface area contributed by atoms with E-state index in [-0.39, 0.29) is 18.4 Å². The summed E-state index contributed by atoms with van der Waals surface area (Å²) in [4.78, 5) is 28.6. The number of anilines is 1. The Bertz CT molecular complexity index is 660. The lowest BCUT2D eigenvalue weighted by atomic mass is 9.75. The standard InChI is InChI=1S/C20H26N2O3/c23-19(21-11-9-15-5-1-2-6-16(15)13-21)10-12-22-17-7-3-4-8-18(17)25-14-20(22)24/h3-4,7-8,15-16H,1-2,5-6,9-14H2/t15-,16-/m0/s1. The van der Waals surface area contributed by atoms with Crippen LogP contribution >= 0.6 is 0 Å². The van der Waals surface area contributed by atoms with Gasteiger partial charge in [-0.2, -0.15) is 0 Å². The third kappa shape index (κ3) is 3.37. The summed E-state index contributed by atoms with van der Waals surface area (Å²) in [6, 6.07) is 7.53. The van der Waals surface area contributed by atoms with E-state index in [2.05, 4.69) is 0 Å².